The van der Waals surface area contributed by atoms with E-state index >= 15 is 0 Å². The molecule has 0 spiro atoms. The van der Waals surface area contributed by atoms with Gasteiger partial charge in [-0.05, 0) is 54.5 Å². The quantitative estimate of drug-likeness (QED) is 0.107. The molecule has 0 fully saturated rings. The Bertz CT molecular complexity index is 1560. The lowest BCUT2D eigenvalue weighted by molar-refractivity contribution is -0.150. The zero-order valence-electron chi connectivity index (χ0n) is 26.5. The van der Waals surface area contributed by atoms with Crippen molar-refractivity contribution in [3.8, 4) is 0 Å². The van der Waals surface area contributed by atoms with Crippen molar-refractivity contribution in [2.45, 2.75) is 50.4 Å². The summed E-state index contributed by atoms with van der Waals surface area (Å²) in [5.74, 6) is -1.89. The summed E-state index contributed by atoms with van der Waals surface area (Å²) in [6, 6.07) is 16.2. The van der Waals surface area contributed by atoms with Gasteiger partial charge in [0.2, 0.25) is 0 Å². The molecular formula is C38H40O8. The topological polar surface area (TPSA) is 105 Å². The minimum atomic E-state index is -0.752. The van der Waals surface area contributed by atoms with Crippen LogP contribution in [0.15, 0.2) is 109 Å². The average molecular weight is 625 g/mol. The van der Waals surface area contributed by atoms with Gasteiger partial charge >= 0.3 is 23.9 Å². The Morgan fingerprint density at radius 2 is 1.07 bits per heavy atom. The molecule has 2 aromatic rings. The first-order valence-corrected chi connectivity index (χ1v) is 15.2. The molecule has 0 radical (unpaired) electrons. The van der Waals surface area contributed by atoms with Gasteiger partial charge in [0, 0.05) is 34.8 Å². The van der Waals surface area contributed by atoms with Gasteiger partial charge in [-0.25, -0.2) is 9.59 Å². The lowest BCUT2D eigenvalue weighted by Crippen LogP contribution is -2.43. The Balaban J connectivity index is 1.61. The van der Waals surface area contributed by atoms with Crippen LogP contribution in [0, 0.1) is 0 Å². The van der Waals surface area contributed by atoms with Crippen molar-refractivity contribution in [2.24, 2.45) is 0 Å². The normalized spacial score (nSPS) is 20.4. The molecule has 2 aliphatic carbocycles. The first-order chi connectivity index (χ1) is 22.0. The molecule has 2 bridgehead atoms. The van der Waals surface area contributed by atoms with Crippen molar-refractivity contribution < 1.29 is 38.1 Å². The van der Waals surface area contributed by atoms with Crippen molar-refractivity contribution in [1.82, 2.24) is 0 Å². The molecule has 0 aromatic heterocycles. The highest BCUT2D eigenvalue weighted by molar-refractivity contribution is 5.87. The van der Waals surface area contributed by atoms with Gasteiger partial charge in [-0.2, -0.15) is 0 Å². The maximum Gasteiger partial charge on any atom is 0.333 e. The number of ether oxygens (including phenoxy) is 4. The van der Waals surface area contributed by atoms with Crippen LogP contribution in [0.25, 0.3) is 0 Å². The van der Waals surface area contributed by atoms with Gasteiger partial charge in [0.25, 0.3) is 0 Å². The van der Waals surface area contributed by atoms with E-state index in [1.165, 1.54) is 0 Å². The van der Waals surface area contributed by atoms with Crippen LogP contribution in [-0.4, -0.2) is 50.3 Å². The second-order valence-corrected chi connectivity index (χ2v) is 11.5. The van der Waals surface area contributed by atoms with Crippen molar-refractivity contribution in [3.63, 3.8) is 0 Å². The molecule has 0 amide bonds. The van der Waals surface area contributed by atoms with E-state index in [1.807, 2.05) is 42.5 Å². The molecule has 0 saturated carbocycles. The molecule has 0 saturated heterocycles. The van der Waals surface area contributed by atoms with E-state index in [9.17, 15) is 19.2 Å². The molecule has 8 nitrogen and oxygen atoms in total. The Morgan fingerprint density at radius 3 is 1.54 bits per heavy atom. The van der Waals surface area contributed by atoms with Crippen LogP contribution in [0.2, 0.25) is 0 Å². The van der Waals surface area contributed by atoms with Crippen LogP contribution in [0.5, 0.6) is 0 Å². The van der Waals surface area contributed by atoms with E-state index in [4.69, 9.17) is 18.9 Å². The molecule has 46 heavy (non-hydrogen) atoms. The number of fused-ring (bicyclic) bond motifs is 3. The highest BCUT2D eigenvalue weighted by Crippen LogP contribution is 2.57. The molecule has 4 rings (SSSR count). The molecular weight excluding hydrogens is 584 g/mol. The summed E-state index contributed by atoms with van der Waals surface area (Å²) in [4.78, 5) is 49.2. The minimum Gasteiger partial charge on any atom is -0.462 e. The van der Waals surface area contributed by atoms with Crippen molar-refractivity contribution in [1.29, 1.82) is 0 Å². The Kier molecular flexibility index (Phi) is 11.0. The Hall–Kier alpha value is -4.98. The molecule has 2 aromatic carbocycles. The zero-order chi connectivity index (χ0) is 33.3. The van der Waals surface area contributed by atoms with Crippen LogP contribution in [0.1, 0.15) is 61.8 Å². The first kappa shape index (κ1) is 33.9. The summed E-state index contributed by atoms with van der Waals surface area (Å²) in [6.45, 7) is 14.5. The summed E-state index contributed by atoms with van der Waals surface area (Å²) in [5.41, 5.74) is 3.96. The van der Waals surface area contributed by atoms with E-state index in [0.29, 0.717) is 12.8 Å². The number of hydrogen-bond donors (Lipinski definition) is 0. The second-order valence-electron chi connectivity index (χ2n) is 11.5. The van der Waals surface area contributed by atoms with Crippen molar-refractivity contribution in [3.05, 3.63) is 132 Å². The third kappa shape index (κ3) is 7.12. The first-order valence-electron chi connectivity index (χ1n) is 15.2. The molecule has 0 aliphatic heterocycles. The number of allylic oxidation sites excluding steroid dienone is 5. The number of esters is 4. The minimum absolute atomic E-state index is 0.0496. The predicted octanol–water partition coefficient (Wildman–Crippen LogP) is 6.14. The summed E-state index contributed by atoms with van der Waals surface area (Å²) in [6.07, 6.45) is 9.00. The maximum absolute atomic E-state index is 13.0. The molecule has 2 aliphatic rings. The van der Waals surface area contributed by atoms with Gasteiger partial charge in [0.05, 0.1) is 0 Å². The summed E-state index contributed by atoms with van der Waals surface area (Å²) < 4.78 is 20.9. The molecule has 0 heterocycles. The summed E-state index contributed by atoms with van der Waals surface area (Å²) in [7, 11) is 0. The van der Waals surface area contributed by atoms with Crippen LogP contribution < -0.4 is 0 Å². The Morgan fingerprint density at radius 1 is 0.630 bits per heavy atom. The van der Waals surface area contributed by atoms with Crippen LogP contribution >= 0.6 is 0 Å². The van der Waals surface area contributed by atoms with Crippen LogP contribution in [-0.2, 0) is 49.0 Å². The number of hydrogen-bond acceptors (Lipinski definition) is 8. The van der Waals surface area contributed by atoms with E-state index in [-0.39, 0.29) is 50.4 Å². The van der Waals surface area contributed by atoms with Gasteiger partial charge in [-0.1, -0.05) is 92.6 Å². The van der Waals surface area contributed by atoms with Gasteiger partial charge in [-0.15, -0.1) is 0 Å². The lowest BCUT2D eigenvalue weighted by Gasteiger charge is -2.49. The molecule has 0 N–H and O–H groups in total. The van der Waals surface area contributed by atoms with Gasteiger partial charge in [0.1, 0.15) is 26.4 Å². The molecule has 0 unspecified atom stereocenters. The SMILES string of the molecule is C=C(C)C(=O)OCCOC(=O)CCC12/C=C\C=C/C(=C)C(CCC(=O)OCCOC(=O)C(=C)C)(c3ccccc31)c1ccccc12. The van der Waals surface area contributed by atoms with Crippen LogP contribution in [0.3, 0.4) is 0 Å². The molecule has 0 atom stereocenters. The smallest absolute Gasteiger partial charge is 0.333 e. The second kappa shape index (κ2) is 14.9. The lowest BCUT2D eigenvalue weighted by atomic mass is 9.53. The largest absolute Gasteiger partial charge is 0.462 e. The van der Waals surface area contributed by atoms with Gasteiger partial charge in [0.15, 0.2) is 0 Å². The zero-order valence-corrected chi connectivity index (χ0v) is 26.5. The highest BCUT2D eigenvalue weighted by atomic mass is 16.6. The van der Waals surface area contributed by atoms with E-state index in [1.54, 1.807) is 13.8 Å². The molecule has 8 heteroatoms. The standard InChI is InChI=1S/C38H40O8/c1-26(2)35(41)45-24-22-43-33(39)17-20-37-19-11-10-12-28(5)38(31-15-8-6-13-29(31)37,32-16-9-7-14-30(32)37)21-18-34(40)44-23-25-46-36(42)27(3)4/h6-16,19H,1,3,5,17-18,20-25H2,2,4H3/b12-10-,19-11-. The van der Waals surface area contributed by atoms with Crippen LogP contribution in [0.4, 0.5) is 0 Å². The monoisotopic (exact) mass is 624 g/mol. The number of rotatable bonds is 14. The Labute approximate surface area is 270 Å². The highest BCUT2D eigenvalue weighted by Gasteiger charge is 2.50. The van der Waals surface area contributed by atoms with Gasteiger partial charge < -0.3 is 18.9 Å². The fraction of sp³-hybridized carbons (Fsp3) is 0.316. The number of carbonyl (C=O) groups excluding carboxylic acids is 4. The van der Waals surface area contributed by atoms with Crippen molar-refractivity contribution >= 4 is 23.9 Å². The van der Waals surface area contributed by atoms with E-state index < -0.39 is 34.7 Å². The fourth-order valence-electron chi connectivity index (χ4n) is 6.18. The van der Waals surface area contributed by atoms with Gasteiger partial charge in [-0.3, -0.25) is 9.59 Å². The molecule has 240 valence electrons. The summed E-state index contributed by atoms with van der Waals surface area (Å²) >= 11 is 0. The number of benzene rings is 2. The fourth-order valence-corrected chi connectivity index (χ4v) is 6.18. The number of carbonyl (C=O) groups is 4. The van der Waals surface area contributed by atoms with Crippen molar-refractivity contribution in [2.75, 3.05) is 26.4 Å². The summed E-state index contributed by atoms with van der Waals surface area (Å²) in [5, 5.41) is 0. The van der Waals surface area contributed by atoms with E-state index in [0.717, 1.165) is 27.8 Å². The third-order valence-corrected chi connectivity index (χ3v) is 8.36. The third-order valence-electron chi connectivity index (χ3n) is 8.36. The average Bonchev–Trinajstić information content (AvgIpc) is 3.13. The predicted molar refractivity (Wildman–Crippen MR) is 174 cm³/mol. The maximum atomic E-state index is 13.0. The van der Waals surface area contributed by atoms with E-state index in [2.05, 4.69) is 50.1 Å².